The van der Waals surface area contributed by atoms with E-state index < -0.39 is 0 Å². The third kappa shape index (κ3) is 1.66. The Hall–Kier alpha value is -0.900. The molecule has 0 aliphatic carbocycles. The predicted octanol–water partition coefficient (Wildman–Crippen LogP) is 1.27. The molecular weight excluding hydrogens is 178 g/mol. The van der Waals surface area contributed by atoms with Crippen molar-refractivity contribution in [3.8, 4) is 0 Å². The van der Waals surface area contributed by atoms with Crippen molar-refractivity contribution in [1.82, 2.24) is 0 Å². The highest BCUT2D eigenvalue weighted by atomic mass is 16.6. The molecule has 0 radical (unpaired) electrons. The molecule has 1 fully saturated rings. The number of hydrogen-bond donors (Lipinski definition) is 1. The van der Waals surface area contributed by atoms with Crippen molar-refractivity contribution >= 4 is 0 Å². The average molecular weight is 193 g/mol. The van der Waals surface area contributed by atoms with Gasteiger partial charge in [-0.15, -0.1) is 0 Å². The van der Waals surface area contributed by atoms with E-state index in [2.05, 4.69) is 0 Å². The summed E-state index contributed by atoms with van der Waals surface area (Å²) >= 11 is 0. The molecule has 1 N–H and O–H groups in total. The van der Waals surface area contributed by atoms with E-state index in [1.807, 2.05) is 30.3 Å². The zero-order valence-electron chi connectivity index (χ0n) is 8.10. The van der Waals surface area contributed by atoms with Crippen LogP contribution in [0.5, 0.6) is 0 Å². The SMILES string of the molecule is [O-][N@@+]1(Cc2ccccc2)CC[C@H]1CO. The fourth-order valence-corrected chi connectivity index (χ4v) is 1.94. The van der Waals surface area contributed by atoms with Gasteiger partial charge in [-0.2, -0.15) is 0 Å². The first-order chi connectivity index (χ1) is 6.74. The number of hydrogen-bond acceptors (Lipinski definition) is 2. The number of aliphatic hydroxyl groups excluding tert-OH is 1. The quantitative estimate of drug-likeness (QED) is 0.580. The predicted molar refractivity (Wildman–Crippen MR) is 54.1 cm³/mol. The van der Waals surface area contributed by atoms with Crippen LogP contribution in [0.3, 0.4) is 0 Å². The van der Waals surface area contributed by atoms with Crippen LogP contribution >= 0.6 is 0 Å². The molecule has 2 rings (SSSR count). The molecular formula is C11H15NO2. The topological polar surface area (TPSA) is 43.3 Å². The first-order valence-corrected chi connectivity index (χ1v) is 4.97. The first-order valence-electron chi connectivity index (χ1n) is 4.97. The fraction of sp³-hybridized carbons (Fsp3) is 0.455. The minimum absolute atomic E-state index is 0.0103. The summed E-state index contributed by atoms with van der Waals surface area (Å²) in [7, 11) is 0. The number of quaternary nitrogens is 1. The van der Waals surface area contributed by atoms with Crippen molar-refractivity contribution in [2.24, 2.45) is 0 Å². The summed E-state index contributed by atoms with van der Waals surface area (Å²) in [5.41, 5.74) is 1.06. The summed E-state index contributed by atoms with van der Waals surface area (Å²) in [5.74, 6) is 0. The second kappa shape index (κ2) is 3.69. The van der Waals surface area contributed by atoms with Crippen LogP contribution in [0.4, 0.5) is 0 Å². The van der Waals surface area contributed by atoms with Crippen LogP contribution in [0.15, 0.2) is 30.3 Å². The lowest BCUT2D eigenvalue weighted by molar-refractivity contribution is -0.958. The lowest BCUT2D eigenvalue weighted by atomic mass is 10.0. The van der Waals surface area contributed by atoms with Gasteiger partial charge in [-0.05, 0) is 0 Å². The van der Waals surface area contributed by atoms with Crippen LogP contribution in [0.2, 0.25) is 0 Å². The highest BCUT2D eigenvalue weighted by Crippen LogP contribution is 2.29. The molecule has 0 amide bonds. The van der Waals surface area contributed by atoms with Crippen molar-refractivity contribution in [2.45, 2.75) is 19.0 Å². The zero-order chi connectivity index (χ0) is 10.0. The Labute approximate surface area is 83.8 Å². The molecule has 1 aliphatic heterocycles. The Kier molecular flexibility index (Phi) is 2.54. The van der Waals surface area contributed by atoms with Crippen molar-refractivity contribution in [3.05, 3.63) is 41.1 Å². The minimum atomic E-state index is -0.249. The van der Waals surface area contributed by atoms with Gasteiger partial charge in [-0.1, -0.05) is 30.3 Å². The van der Waals surface area contributed by atoms with Gasteiger partial charge >= 0.3 is 0 Å². The normalized spacial score (nSPS) is 31.1. The largest absolute Gasteiger partial charge is 0.632 e. The Morgan fingerprint density at radius 3 is 2.57 bits per heavy atom. The van der Waals surface area contributed by atoms with Gasteiger partial charge in [-0.25, -0.2) is 0 Å². The number of rotatable bonds is 3. The van der Waals surface area contributed by atoms with Gasteiger partial charge in [0.1, 0.15) is 12.6 Å². The monoisotopic (exact) mass is 193 g/mol. The molecule has 14 heavy (non-hydrogen) atoms. The van der Waals surface area contributed by atoms with Crippen molar-refractivity contribution < 1.29 is 9.75 Å². The number of nitrogens with zero attached hydrogens (tertiary/aromatic N) is 1. The number of likely N-dealkylation sites (tertiary alicyclic amines) is 1. The standard InChI is InChI=1S/C11H15NO2/c13-9-11-6-7-12(11,14)8-10-4-2-1-3-5-10/h1-5,11,13H,6-9H2/t11-,12+/m0/s1. The molecule has 76 valence electrons. The van der Waals surface area contributed by atoms with Crippen molar-refractivity contribution in [2.75, 3.05) is 13.2 Å². The summed E-state index contributed by atoms with van der Waals surface area (Å²) in [6.07, 6.45) is 0.854. The molecule has 0 spiro atoms. The number of benzene rings is 1. The second-order valence-corrected chi connectivity index (χ2v) is 3.94. The second-order valence-electron chi connectivity index (χ2n) is 3.94. The molecule has 1 heterocycles. The van der Waals surface area contributed by atoms with E-state index in [0.29, 0.717) is 13.1 Å². The van der Waals surface area contributed by atoms with Gasteiger partial charge in [-0.3, -0.25) is 0 Å². The van der Waals surface area contributed by atoms with Crippen LogP contribution in [-0.2, 0) is 6.54 Å². The highest BCUT2D eigenvalue weighted by molar-refractivity contribution is 5.13. The third-order valence-corrected chi connectivity index (χ3v) is 3.01. The van der Waals surface area contributed by atoms with Gasteiger partial charge in [0.15, 0.2) is 0 Å². The van der Waals surface area contributed by atoms with Gasteiger partial charge < -0.3 is 15.0 Å². The smallest absolute Gasteiger partial charge is 0.118 e. The summed E-state index contributed by atoms with van der Waals surface area (Å²) < 4.78 is -0.249. The lowest BCUT2D eigenvalue weighted by Crippen LogP contribution is -2.61. The Morgan fingerprint density at radius 1 is 1.36 bits per heavy atom. The maximum Gasteiger partial charge on any atom is 0.118 e. The summed E-state index contributed by atoms with van der Waals surface area (Å²) in [6.45, 7) is 1.14. The molecule has 3 heteroatoms. The molecule has 0 unspecified atom stereocenters. The molecule has 2 atom stereocenters. The maximum absolute atomic E-state index is 12.1. The van der Waals surface area contributed by atoms with Gasteiger partial charge in [0.25, 0.3) is 0 Å². The first kappa shape index (κ1) is 9.65. The van der Waals surface area contributed by atoms with E-state index >= 15 is 0 Å². The molecule has 3 nitrogen and oxygen atoms in total. The van der Waals surface area contributed by atoms with E-state index in [0.717, 1.165) is 12.0 Å². The van der Waals surface area contributed by atoms with Crippen LogP contribution in [0.25, 0.3) is 0 Å². The van der Waals surface area contributed by atoms with Crippen LogP contribution in [-0.4, -0.2) is 28.9 Å². The Bertz CT molecular complexity index is 299. The molecule has 0 saturated carbocycles. The molecule has 1 aromatic rings. The Balaban J connectivity index is 2.04. The number of aliphatic hydroxyl groups is 1. The number of hydroxylamine groups is 3. The zero-order valence-corrected chi connectivity index (χ0v) is 8.10. The molecule has 0 bridgehead atoms. The van der Waals surface area contributed by atoms with Crippen LogP contribution in [0, 0.1) is 5.21 Å². The average Bonchev–Trinajstić information content (AvgIpc) is 2.18. The molecule has 0 aromatic heterocycles. The highest BCUT2D eigenvalue weighted by Gasteiger charge is 2.38. The fourth-order valence-electron chi connectivity index (χ4n) is 1.94. The molecule has 1 aromatic carbocycles. The van der Waals surface area contributed by atoms with E-state index in [4.69, 9.17) is 5.11 Å². The summed E-state index contributed by atoms with van der Waals surface area (Å²) in [5, 5.41) is 21.1. The maximum atomic E-state index is 12.1. The van der Waals surface area contributed by atoms with Crippen molar-refractivity contribution in [1.29, 1.82) is 0 Å². The lowest BCUT2D eigenvalue weighted by Gasteiger charge is -2.55. The minimum Gasteiger partial charge on any atom is -0.632 e. The van der Waals surface area contributed by atoms with E-state index in [1.54, 1.807) is 0 Å². The van der Waals surface area contributed by atoms with E-state index in [-0.39, 0.29) is 17.3 Å². The van der Waals surface area contributed by atoms with Crippen LogP contribution in [0.1, 0.15) is 12.0 Å². The molecule has 1 saturated heterocycles. The van der Waals surface area contributed by atoms with E-state index in [1.165, 1.54) is 0 Å². The third-order valence-electron chi connectivity index (χ3n) is 3.01. The summed E-state index contributed by atoms with van der Waals surface area (Å²) in [6, 6.07) is 9.65. The van der Waals surface area contributed by atoms with Gasteiger partial charge in [0.05, 0.1) is 19.6 Å². The van der Waals surface area contributed by atoms with Crippen LogP contribution < -0.4 is 0 Å². The van der Waals surface area contributed by atoms with Gasteiger partial charge in [0.2, 0.25) is 0 Å². The summed E-state index contributed by atoms with van der Waals surface area (Å²) in [4.78, 5) is 0. The van der Waals surface area contributed by atoms with Gasteiger partial charge in [0, 0.05) is 5.56 Å². The Morgan fingerprint density at radius 2 is 2.07 bits per heavy atom. The van der Waals surface area contributed by atoms with E-state index in [9.17, 15) is 5.21 Å². The molecule has 1 aliphatic rings. The van der Waals surface area contributed by atoms with Crippen molar-refractivity contribution in [3.63, 3.8) is 0 Å².